The van der Waals surface area contributed by atoms with E-state index in [9.17, 15) is 19.5 Å². The molecular weight excluding hydrogens is 358 g/mol. The number of phenols is 1. The maximum Gasteiger partial charge on any atom is 0.279 e. The number of hydrogen-bond donors (Lipinski definition) is 2. The van der Waals surface area contributed by atoms with Crippen LogP contribution in [0.4, 0.5) is 11.4 Å². The van der Waals surface area contributed by atoms with Crippen molar-refractivity contribution in [1.82, 2.24) is 9.36 Å². The number of benzene rings is 2. The molecule has 7 nitrogen and oxygen atoms in total. The molecule has 0 aliphatic rings. The molecular formula is C21H17N3O4. The van der Waals surface area contributed by atoms with Crippen LogP contribution in [-0.4, -0.2) is 14.5 Å². The molecule has 4 aromatic rings. The lowest BCUT2D eigenvalue weighted by Crippen LogP contribution is -2.37. The summed E-state index contributed by atoms with van der Waals surface area (Å²) in [5.74, 6) is 0.0837. The lowest BCUT2D eigenvalue weighted by molar-refractivity contribution is 0.475. The van der Waals surface area contributed by atoms with E-state index in [1.807, 2.05) is 18.2 Å². The first-order valence-electron chi connectivity index (χ1n) is 8.64. The van der Waals surface area contributed by atoms with Crippen LogP contribution in [-0.2, 0) is 7.05 Å². The smallest absolute Gasteiger partial charge is 0.279 e. The summed E-state index contributed by atoms with van der Waals surface area (Å²) in [6.07, 6.45) is 0. The molecule has 0 aliphatic heterocycles. The number of para-hydroxylation sites is 1. The van der Waals surface area contributed by atoms with E-state index in [1.54, 1.807) is 42.9 Å². The number of anilines is 2. The van der Waals surface area contributed by atoms with Gasteiger partial charge >= 0.3 is 0 Å². The van der Waals surface area contributed by atoms with Crippen LogP contribution in [0.1, 0.15) is 5.69 Å². The van der Waals surface area contributed by atoms with E-state index in [0.29, 0.717) is 17.1 Å². The molecule has 2 N–H and O–H groups in total. The van der Waals surface area contributed by atoms with E-state index < -0.39 is 10.9 Å². The van der Waals surface area contributed by atoms with Crippen molar-refractivity contribution >= 4 is 11.4 Å². The lowest BCUT2D eigenvalue weighted by atomic mass is 9.98. The number of aromatic nitrogens is 2. The highest BCUT2D eigenvalue weighted by Gasteiger charge is 2.29. The zero-order chi connectivity index (χ0) is 20.0. The predicted octanol–water partition coefficient (Wildman–Crippen LogP) is 2.20. The molecule has 140 valence electrons. The van der Waals surface area contributed by atoms with Gasteiger partial charge in [0.2, 0.25) is 5.43 Å². The van der Waals surface area contributed by atoms with Crippen LogP contribution < -0.4 is 21.7 Å². The van der Waals surface area contributed by atoms with E-state index in [2.05, 4.69) is 5.32 Å². The van der Waals surface area contributed by atoms with Crippen molar-refractivity contribution in [2.24, 2.45) is 7.05 Å². The second kappa shape index (κ2) is 6.38. The maximum absolute atomic E-state index is 13.1. The summed E-state index contributed by atoms with van der Waals surface area (Å²) in [6.45, 7) is 1.73. The van der Waals surface area contributed by atoms with Crippen molar-refractivity contribution in [3.63, 3.8) is 0 Å². The van der Waals surface area contributed by atoms with Gasteiger partial charge in [-0.05, 0) is 43.3 Å². The summed E-state index contributed by atoms with van der Waals surface area (Å²) in [6, 6.07) is 15.2. The number of nitrogens with zero attached hydrogens (tertiary/aromatic N) is 2. The molecule has 3 aromatic carbocycles. The topological polar surface area (TPSA) is 93.3 Å². The second-order valence-corrected chi connectivity index (χ2v) is 6.52. The van der Waals surface area contributed by atoms with E-state index in [-0.39, 0.29) is 28.1 Å². The summed E-state index contributed by atoms with van der Waals surface area (Å²) < 4.78 is 3.13. The van der Waals surface area contributed by atoms with E-state index in [1.165, 1.54) is 16.8 Å². The van der Waals surface area contributed by atoms with Gasteiger partial charge < -0.3 is 10.4 Å². The third-order valence-corrected chi connectivity index (χ3v) is 4.85. The molecule has 4 rings (SSSR count). The summed E-state index contributed by atoms with van der Waals surface area (Å²) in [7, 11) is 1.73. The van der Waals surface area contributed by atoms with Gasteiger partial charge in [0, 0.05) is 18.4 Å². The Balaban J connectivity index is 1.87. The van der Waals surface area contributed by atoms with Crippen LogP contribution in [0.2, 0.25) is 0 Å². The first-order chi connectivity index (χ1) is 13.4. The number of aromatic hydroxyl groups is 1. The Labute approximate surface area is 159 Å². The zero-order valence-corrected chi connectivity index (χ0v) is 15.3. The molecule has 0 bridgehead atoms. The van der Waals surface area contributed by atoms with E-state index >= 15 is 0 Å². The molecule has 0 aliphatic carbocycles. The summed E-state index contributed by atoms with van der Waals surface area (Å²) in [5, 5.41) is 12.3. The molecule has 0 atom stereocenters. The number of rotatable bonds is 4. The fraction of sp³-hybridized carbons (Fsp3) is 0.0952. The highest BCUT2D eigenvalue weighted by atomic mass is 16.3. The fourth-order valence-corrected chi connectivity index (χ4v) is 3.29. The van der Waals surface area contributed by atoms with Gasteiger partial charge in [0.15, 0.2) is 0 Å². The minimum absolute atomic E-state index is 0.0837. The third-order valence-electron chi connectivity index (χ3n) is 4.85. The molecule has 1 heterocycles. The molecule has 0 radical (unpaired) electrons. The molecule has 0 amide bonds. The van der Waals surface area contributed by atoms with Gasteiger partial charge in [-0.3, -0.25) is 19.1 Å². The van der Waals surface area contributed by atoms with E-state index in [4.69, 9.17) is 0 Å². The minimum atomic E-state index is -0.688. The van der Waals surface area contributed by atoms with Crippen LogP contribution in [0.3, 0.4) is 0 Å². The van der Waals surface area contributed by atoms with Crippen LogP contribution in [0.5, 0.6) is 5.75 Å². The Hall–Kier alpha value is -3.87. The average molecular weight is 375 g/mol. The SMILES string of the molecule is Cc1c(-c2c(Nc3ccc(O)cc3)c(=O)c2=O)c(=O)n(-c2ccccc2)n1C. The van der Waals surface area contributed by atoms with Crippen LogP contribution >= 0.6 is 0 Å². The maximum atomic E-state index is 13.1. The van der Waals surface area contributed by atoms with Gasteiger partial charge in [0.05, 0.1) is 16.8 Å². The molecule has 0 saturated carbocycles. The summed E-state index contributed by atoms with van der Waals surface area (Å²) >= 11 is 0. The predicted molar refractivity (Wildman–Crippen MR) is 107 cm³/mol. The molecule has 1 aromatic heterocycles. The Morgan fingerprint density at radius 2 is 1.50 bits per heavy atom. The van der Waals surface area contributed by atoms with Gasteiger partial charge in [-0.2, -0.15) is 0 Å². The highest BCUT2D eigenvalue weighted by molar-refractivity contribution is 5.85. The van der Waals surface area contributed by atoms with Gasteiger partial charge in [0.25, 0.3) is 11.0 Å². The van der Waals surface area contributed by atoms with Crippen LogP contribution in [0.15, 0.2) is 69.0 Å². The van der Waals surface area contributed by atoms with Gasteiger partial charge in [-0.1, -0.05) is 18.2 Å². The molecule has 0 unspecified atom stereocenters. The number of phenolic OH excluding ortho intramolecular Hbond substituents is 1. The summed E-state index contributed by atoms with van der Waals surface area (Å²) in [5.41, 5.74) is 0.426. The summed E-state index contributed by atoms with van der Waals surface area (Å²) in [4.78, 5) is 37.6. The van der Waals surface area contributed by atoms with Crippen molar-refractivity contribution in [2.45, 2.75) is 6.92 Å². The van der Waals surface area contributed by atoms with E-state index in [0.717, 1.165) is 0 Å². The fourth-order valence-electron chi connectivity index (χ4n) is 3.29. The Morgan fingerprint density at radius 1 is 0.857 bits per heavy atom. The van der Waals surface area contributed by atoms with Crippen molar-refractivity contribution in [3.8, 4) is 22.6 Å². The highest BCUT2D eigenvalue weighted by Crippen LogP contribution is 2.28. The monoisotopic (exact) mass is 375 g/mol. The largest absolute Gasteiger partial charge is 0.508 e. The molecule has 0 fully saturated rings. The molecule has 0 spiro atoms. The molecule has 0 saturated heterocycles. The van der Waals surface area contributed by atoms with Crippen LogP contribution in [0.25, 0.3) is 16.8 Å². The Morgan fingerprint density at radius 3 is 2.14 bits per heavy atom. The van der Waals surface area contributed by atoms with Gasteiger partial charge in [-0.25, -0.2) is 4.68 Å². The third kappa shape index (κ3) is 2.56. The average Bonchev–Trinajstić information content (AvgIpc) is 2.92. The van der Waals surface area contributed by atoms with Crippen molar-refractivity contribution in [3.05, 3.63) is 91.1 Å². The van der Waals surface area contributed by atoms with Crippen molar-refractivity contribution in [1.29, 1.82) is 0 Å². The van der Waals surface area contributed by atoms with Gasteiger partial charge in [0.1, 0.15) is 11.4 Å². The number of nitrogens with one attached hydrogen (secondary N) is 1. The second-order valence-electron chi connectivity index (χ2n) is 6.52. The first-order valence-corrected chi connectivity index (χ1v) is 8.64. The molecule has 28 heavy (non-hydrogen) atoms. The Kier molecular flexibility index (Phi) is 4.00. The number of hydrogen-bond acceptors (Lipinski definition) is 5. The lowest BCUT2D eigenvalue weighted by Gasteiger charge is -2.12. The van der Waals surface area contributed by atoms with Crippen molar-refractivity contribution in [2.75, 3.05) is 5.32 Å². The van der Waals surface area contributed by atoms with Crippen molar-refractivity contribution < 1.29 is 5.11 Å². The zero-order valence-electron chi connectivity index (χ0n) is 15.3. The standard InChI is InChI=1S/C21H17N3O4/c1-12-16(21(28)24(23(12)2)14-6-4-3-5-7-14)17-18(20(27)19(17)26)22-13-8-10-15(25)11-9-13/h3-11,22,25H,1-2H3. The first kappa shape index (κ1) is 17.5. The van der Waals surface area contributed by atoms with Gasteiger partial charge in [-0.15, -0.1) is 0 Å². The normalized spacial score (nSPS) is 11.1. The minimum Gasteiger partial charge on any atom is -0.508 e. The van der Waals surface area contributed by atoms with Crippen LogP contribution in [0, 0.1) is 6.92 Å². The quantitative estimate of drug-likeness (QED) is 0.421. The molecule has 7 heteroatoms. The Bertz CT molecular complexity index is 1310.